The minimum atomic E-state index is -0.231. The third-order valence-corrected chi connectivity index (χ3v) is 3.47. The van der Waals surface area contributed by atoms with Crippen molar-refractivity contribution < 1.29 is 4.74 Å². The minimum Gasteiger partial charge on any atom is -0.486 e. The molecule has 0 amide bonds. The van der Waals surface area contributed by atoms with E-state index in [1.165, 1.54) is 11.9 Å². The Labute approximate surface area is 112 Å². The molecule has 3 rings (SSSR count). The van der Waals surface area contributed by atoms with Crippen LogP contribution >= 0.6 is 0 Å². The van der Waals surface area contributed by atoms with Gasteiger partial charge < -0.3 is 10.1 Å². The summed E-state index contributed by atoms with van der Waals surface area (Å²) in [6.07, 6.45) is 2.36. The first-order valence-corrected chi connectivity index (χ1v) is 6.52. The van der Waals surface area contributed by atoms with E-state index in [2.05, 4.69) is 46.5 Å². The van der Waals surface area contributed by atoms with Crippen molar-refractivity contribution in [3.63, 3.8) is 0 Å². The van der Waals surface area contributed by atoms with Crippen LogP contribution in [0.5, 0.6) is 5.75 Å². The predicted octanol–water partition coefficient (Wildman–Crippen LogP) is 1.85. The van der Waals surface area contributed by atoms with Crippen molar-refractivity contribution >= 4 is 0 Å². The van der Waals surface area contributed by atoms with Crippen LogP contribution in [0.3, 0.4) is 0 Å². The fourth-order valence-electron chi connectivity index (χ4n) is 2.57. The second kappa shape index (κ2) is 4.66. The second-order valence-corrected chi connectivity index (χ2v) is 5.31. The molecule has 0 spiro atoms. The van der Waals surface area contributed by atoms with Gasteiger partial charge >= 0.3 is 0 Å². The summed E-state index contributed by atoms with van der Waals surface area (Å²) in [5.41, 5.74) is 0.996. The number of ether oxygens (including phenoxy) is 1. The number of aromatic nitrogens is 3. The number of para-hydroxylation sites is 1. The van der Waals surface area contributed by atoms with Gasteiger partial charge in [0.05, 0.1) is 6.04 Å². The minimum absolute atomic E-state index is 0.201. The lowest BCUT2D eigenvalue weighted by Crippen LogP contribution is -2.39. The standard InChI is InChI=1S/C14H18N4O/c1-14(2)13(10-5-3-4-6-11(10)19-14)15-8-7-12-16-9-17-18-12/h3-6,9,13,15H,7-8H2,1-2H3,(H,16,17,18). The van der Waals surface area contributed by atoms with E-state index in [9.17, 15) is 0 Å². The summed E-state index contributed by atoms with van der Waals surface area (Å²) in [6, 6.07) is 8.40. The van der Waals surface area contributed by atoms with Gasteiger partial charge in [-0.3, -0.25) is 5.10 Å². The Morgan fingerprint density at radius 2 is 2.21 bits per heavy atom. The van der Waals surface area contributed by atoms with Crippen LogP contribution < -0.4 is 10.1 Å². The monoisotopic (exact) mass is 258 g/mol. The molecule has 2 aromatic rings. The predicted molar refractivity (Wildman–Crippen MR) is 72.0 cm³/mol. The molecular weight excluding hydrogens is 240 g/mol. The van der Waals surface area contributed by atoms with E-state index < -0.39 is 0 Å². The number of hydrogen-bond acceptors (Lipinski definition) is 4. The zero-order chi connectivity index (χ0) is 13.3. The van der Waals surface area contributed by atoms with Gasteiger partial charge in [-0.05, 0) is 19.9 Å². The van der Waals surface area contributed by atoms with Crippen LogP contribution in [0.15, 0.2) is 30.6 Å². The Hall–Kier alpha value is -1.88. The van der Waals surface area contributed by atoms with Gasteiger partial charge in [-0.1, -0.05) is 18.2 Å². The van der Waals surface area contributed by atoms with Gasteiger partial charge in [0.2, 0.25) is 0 Å². The van der Waals surface area contributed by atoms with E-state index in [1.54, 1.807) is 0 Å². The lowest BCUT2D eigenvalue weighted by atomic mass is 9.94. The Kier molecular flexibility index (Phi) is 2.98. The van der Waals surface area contributed by atoms with Crippen LogP contribution in [-0.4, -0.2) is 27.3 Å². The third kappa shape index (κ3) is 2.33. The van der Waals surface area contributed by atoms with E-state index in [0.29, 0.717) is 0 Å². The average molecular weight is 258 g/mol. The highest BCUT2D eigenvalue weighted by atomic mass is 16.5. The maximum absolute atomic E-state index is 6.00. The van der Waals surface area contributed by atoms with Crippen molar-refractivity contribution in [3.05, 3.63) is 42.0 Å². The van der Waals surface area contributed by atoms with Crippen molar-refractivity contribution in [1.29, 1.82) is 0 Å². The largest absolute Gasteiger partial charge is 0.486 e. The van der Waals surface area contributed by atoms with E-state index in [4.69, 9.17) is 4.74 Å². The van der Waals surface area contributed by atoms with Crippen LogP contribution in [-0.2, 0) is 6.42 Å². The van der Waals surface area contributed by atoms with Crippen LogP contribution in [0, 0.1) is 0 Å². The molecule has 0 radical (unpaired) electrons. The zero-order valence-corrected chi connectivity index (χ0v) is 11.2. The smallest absolute Gasteiger partial charge is 0.137 e. The zero-order valence-electron chi connectivity index (χ0n) is 11.2. The number of benzene rings is 1. The Morgan fingerprint density at radius 1 is 1.37 bits per heavy atom. The molecule has 5 heteroatoms. The molecule has 2 heterocycles. The van der Waals surface area contributed by atoms with Crippen molar-refractivity contribution in [1.82, 2.24) is 20.5 Å². The molecule has 5 nitrogen and oxygen atoms in total. The van der Waals surface area contributed by atoms with E-state index in [0.717, 1.165) is 24.5 Å². The Balaban J connectivity index is 1.69. The lowest BCUT2D eigenvalue weighted by Gasteiger charge is -2.27. The second-order valence-electron chi connectivity index (χ2n) is 5.31. The first kappa shape index (κ1) is 12.2. The molecule has 0 saturated carbocycles. The average Bonchev–Trinajstić information content (AvgIpc) is 2.96. The number of hydrogen-bond donors (Lipinski definition) is 2. The summed E-state index contributed by atoms with van der Waals surface area (Å²) in [6.45, 7) is 5.05. The summed E-state index contributed by atoms with van der Waals surface area (Å²) in [5.74, 6) is 1.88. The van der Waals surface area contributed by atoms with E-state index >= 15 is 0 Å². The Bertz CT molecular complexity index is 550. The molecular formula is C14H18N4O. The molecule has 1 aromatic heterocycles. The van der Waals surface area contributed by atoms with E-state index in [1.807, 2.05) is 12.1 Å². The quantitative estimate of drug-likeness (QED) is 0.878. The molecule has 1 aliphatic heterocycles. The molecule has 1 atom stereocenters. The summed E-state index contributed by atoms with van der Waals surface area (Å²) >= 11 is 0. The van der Waals surface area contributed by atoms with Gasteiger partial charge in [-0.2, -0.15) is 5.10 Å². The SMILES string of the molecule is CC1(C)Oc2ccccc2C1NCCc1ncn[nH]1. The van der Waals surface area contributed by atoms with Crippen LogP contribution in [0.1, 0.15) is 31.3 Å². The molecule has 2 N–H and O–H groups in total. The number of fused-ring (bicyclic) bond motifs is 1. The lowest BCUT2D eigenvalue weighted by molar-refractivity contribution is 0.0967. The summed E-state index contributed by atoms with van der Waals surface area (Å²) < 4.78 is 6.00. The summed E-state index contributed by atoms with van der Waals surface area (Å²) in [7, 11) is 0. The Morgan fingerprint density at radius 3 is 3.00 bits per heavy atom. The fraction of sp³-hybridized carbons (Fsp3) is 0.429. The van der Waals surface area contributed by atoms with Gasteiger partial charge in [0.15, 0.2) is 0 Å². The highest BCUT2D eigenvalue weighted by Gasteiger charge is 2.40. The molecule has 1 aromatic carbocycles. The van der Waals surface area contributed by atoms with Crippen molar-refractivity contribution in [2.45, 2.75) is 31.9 Å². The van der Waals surface area contributed by atoms with Crippen LogP contribution in [0.25, 0.3) is 0 Å². The topological polar surface area (TPSA) is 62.8 Å². The molecule has 100 valence electrons. The maximum Gasteiger partial charge on any atom is 0.137 e. The van der Waals surface area contributed by atoms with Gasteiger partial charge in [0.25, 0.3) is 0 Å². The van der Waals surface area contributed by atoms with Gasteiger partial charge in [0.1, 0.15) is 23.5 Å². The number of nitrogens with zero attached hydrogens (tertiary/aromatic N) is 2. The highest BCUT2D eigenvalue weighted by molar-refractivity contribution is 5.42. The van der Waals surface area contributed by atoms with Crippen molar-refractivity contribution in [2.24, 2.45) is 0 Å². The first-order chi connectivity index (χ1) is 9.17. The third-order valence-electron chi connectivity index (χ3n) is 3.47. The molecule has 1 unspecified atom stereocenters. The number of aromatic amines is 1. The molecule has 0 fully saturated rings. The normalized spacial score (nSPS) is 20.0. The van der Waals surface area contributed by atoms with Gasteiger partial charge in [-0.15, -0.1) is 0 Å². The first-order valence-electron chi connectivity index (χ1n) is 6.52. The molecule has 0 saturated heterocycles. The van der Waals surface area contributed by atoms with Crippen molar-refractivity contribution in [2.75, 3.05) is 6.54 Å². The number of nitrogens with one attached hydrogen (secondary N) is 2. The van der Waals surface area contributed by atoms with E-state index in [-0.39, 0.29) is 11.6 Å². The number of H-pyrrole nitrogens is 1. The molecule has 19 heavy (non-hydrogen) atoms. The number of rotatable bonds is 4. The highest BCUT2D eigenvalue weighted by Crippen LogP contribution is 2.42. The van der Waals surface area contributed by atoms with Gasteiger partial charge in [0, 0.05) is 18.5 Å². The molecule has 1 aliphatic rings. The van der Waals surface area contributed by atoms with Crippen molar-refractivity contribution in [3.8, 4) is 5.75 Å². The van der Waals surface area contributed by atoms with Crippen LogP contribution in [0.4, 0.5) is 0 Å². The molecule has 0 aliphatic carbocycles. The summed E-state index contributed by atoms with van der Waals surface area (Å²) in [4.78, 5) is 4.12. The fourth-order valence-corrected chi connectivity index (χ4v) is 2.57. The van der Waals surface area contributed by atoms with Gasteiger partial charge in [-0.25, -0.2) is 4.98 Å². The maximum atomic E-state index is 6.00. The van der Waals surface area contributed by atoms with Crippen LogP contribution in [0.2, 0.25) is 0 Å². The molecule has 0 bridgehead atoms. The summed E-state index contributed by atoms with van der Waals surface area (Å²) in [5, 5.41) is 10.3.